The minimum absolute atomic E-state index is 0.609. The molecule has 0 radical (unpaired) electrons. The molecular formula is C9H11BrClN. The predicted octanol–water partition coefficient (Wildman–Crippen LogP) is 3.37. The number of hydrogen-bond donors (Lipinski definition) is 0. The molecule has 66 valence electrons. The van der Waals surface area contributed by atoms with Crippen LogP contribution < -0.4 is 0 Å². The first kappa shape index (κ1) is 10.0. The molecule has 0 spiro atoms. The van der Waals surface area contributed by atoms with Gasteiger partial charge in [0.25, 0.3) is 0 Å². The van der Waals surface area contributed by atoms with Gasteiger partial charge in [-0.2, -0.15) is 0 Å². The van der Waals surface area contributed by atoms with Crippen LogP contribution in [0.1, 0.15) is 17.5 Å². The molecule has 1 nitrogen and oxygen atoms in total. The van der Waals surface area contributed by atoms with Crippen LogP contribution in [0, 0.1) is 6.92 Å². The van der Waals surface area contributed by atoms with Gasteiger partial charge in [-0.25, -0.2) is 4.98 Å². The summed E-state index contributed by atoms with van der Waals surface area (Å²) < 4.78 is 0. The van der Waals surface area contributed by atoms with Crippen LogP contribution in [0.4, 0.5) is 0 Å². The standard InChI is InChI=1S/C9H11BrClN/c1-7-5-8(3-2-4-10)6-12-9(7)11/h5-6H,2-4H2,1H3. The van der Waals surface area contributed by atoms with Crippen LogP contribution in [-0.2, 0) is 6.42 Å². The summed E-state index contributed by atoms with van der Waals surface area (Å²) in [5.41, 5.74) is 2.32. The Labute approximate surface area is 86.3 Å². The Hall–Kier alpha value is -0.0800. The van der Waals surface area contributed by atoms with Crippen molar-refractivity contribution in [2.45, 2.75) is 19.8 Å². The number of rotatable bonds is 3. The van der Waals surface area contributed by atoms with Crippen molar-refractivity contribution in [3.63, 3.8) is 0 Å². The highest BCUT2D eigenvalue weighted by Gasteiger charge is 1.98. The third kappa shape index (κ3) is 2.76. The van der Waals surface area contributed by atoms with E-state index in [0.717, 1.165) is 23.7 Å². The van der Waals surface area contributed by atoms with Crippen LogP contribution in [0.25, 0.3) is 0 Å². The molecule has 0 N–H and O–H groups in total. The van der Waals surface area contributed by atoms with Crippen LogP contribution in [0.15, 0.2) is 12.3 Å². The first-order valence-electron chi connectivity index (χ1n) is 3.91. The zero-order chi connectivity index (χ0) is 8.97. The summed E-state index contributed by atoms with van der Waals surface area (Å²) in [4.78, 5) is 4.08. The molecule has 0 atom stereocenters. The van der Waals surface area contributed by atoms with E-state index < -0.39 is 0 Å². The summed E-state index contributed by atoms with van der Waals surface area (Å²) >= 11 is 9.19. The average Bonchev–Trinajstić information content (AvgIpc) is 2.07. The van der Waals surface area contributed by atoms with Crippen molar-refractivity contribution in [2.24, 2.45) is 0 Å². The monoisotopic (exact) mass is 247 g/mol. The lowest BCUT2D eigenvalue weighted by Crippen LogP contribution is -1.90. The Kier molecular flexibility index (Phi) is 4.02. The zero-order valence-corrected chi connectivity index (χ0v) is 9.32. The molecule has 0 saturated heterocycles. The summed E-state index contributed by atoms with van der Waals surface area (Å²) in [5.74, 6) is 0. The Morgan fingerprint density at radius 1 is 1.58 bits per heavy atom. The molecule has 0 amide bonds. The molecule has 1 heterocycles. The van der Waals surface area contributed by atoms with Gasteiger partial charge in [0.2, 0.25) is 0 Å². The van der Waals surface area contributed by atoms with Gasteiger partial charge in [0.1, 0.15) is 5.15 Å². The first-order chi connectivity index (χ1) is 5.74. The lowest BCUT2D eigenvalue weighted by atomic mass is 10.1. The Morgan fingerprint density at radius 3 is 2.92 bits per heavy atom. The third-order valence-corrected chi connectivity index (χ3v) is 2.63. The number of hydrogen-bond acceptors (Lipinski definition) is 1. The van der Waals surface area contributed by atoms with E-state index in [1.165, 1.54) is 5.56 Å². The maximum atomic E-state index is 5.79. The second-order valence-corrected chi connectivity index (χ2v) is 3.89. The van der Waals surface area contributed by atoms with Crippen molar-refractivity contribution in [1.82, 2.24) is 4.98 Å². The van der Waals surface area contributed by atoms with Crippen molar-refractivity contribution in [3.05, 3.63) is 28.5 Å². The van der Waals surface area contributed by atoms with Crippen LogP contribution >= 0.6 is 27.5 Å². The van der Waals surface area contributed by atoms with Gasteiger partial charge in [-0.05, 0) is 30.9 Å². The van der Waals surface area contributed by atoms with Gasteiger partial charge in [-0.15, -0.1) is 0 Å². The maximum Gasteiger partial charge on any atom is 0.131 e. The zero-order valence-electron chi connectivity index (χ0n) is 6.98. The van der Waals surface area contributed by atoms with E-state index in [4.69, 9.17) is 11.6 Å². The minimum atomic E-state index is 0.609. The van der Waals surface area contributed by atoms with E-state index in [-0.39, 0.29) is 0 Å². The smallest absolute Gasteiger partial charge is 0.131 e. The number of pyridine rings is 1. The van der Waals surface area contributed by atoms with Crippen molar-refractivity contribution in [1.29, 1.82) is 0 Å². The third-order valence-electron chi connectivity index (χ3n) is 1.67. The summed E-state index contributed by atoms with van der Waals surface area (Å²) in [6, 6.07) is 2.10. The van der Waals surface area contributed by atoms with Gasteiger partial charge < -0.3 is 0 Å². The molecule has 0 unspecified atom stereocenters. The molecule has 0 aromatic carbocycles. The summed E-state index contributed by atoms with van der Waals surface area (Å²) in [6.07, 6.45) is 4.05. The van der Waals surface area contributed by atoms with Crippen LogP contribution in [0.2, 0.25) is 5.15 Å². The molecule has 0 saturated carbocycles. The molecule has 3 heteroatoms. The van der Waals surface area contributed by atoms with E-state index in [2.05, 4.69) is 27.0 Å². The fraction of sp³-hybridized carbons (Fsp3) is 0.444. The largest absolute Gasteiger partial charge is 0.244 e. The van der Waals surface area contributed by atoms with E-state index >= 15 is 0 Å². The maximum absolute atomic E-state index is 5.79. The Bertz CT molecular complexity index is 263. The predicted molar refractivity (Wildman–Crippen MR) is 56.1 cm³/mol. The summed E-state index contributed by atoms with van der Waals surface area (Å²) in [5, 5.41) is 1.65. The molecule has 0 bridgehead atoms. The van der Waals surface area contributed by atoms with E-state index in [0.29, 0.717) is 5.15 Å². The Balaban J connectivity index is 2.69. The summed E-state index contributed by atoms with van der Waals surface area (Å²) in [7, 11) is 0. The number of nitrogens with zero attached hydrogens (tertiary/aromatic N) is 1. The van der Waals surface area contributed by atoms with E-state index in [1.807, 2.05) is 13.1 Å². The highest BCUT2D eigenvalue weighted by molar-refractivity contribution is 9.09. The molecule has 0 aliphatic heterocycles. The van der Waals surface area contributed by atoms with Gasteiger partial charge in [-0.1, -0.05) is 33.6 Å². The van der Waals surface area contributed by atoms with Crippen LogP contribution in [0.5, 0.6) is 0 Å². The van der Waals surface area contributed by atoms with Gasteiger partial charge in [0.15, 0.2) is 0 Å². The molecular weight excluding hydrogens is 237 g/mol. The van der Waals surface area contributed by atoms with E-state index in [9.17, 15) is 0 Å². The highest BCUT2D eigenvalue weighted by atomic mass is 79.9. The fourth-order valence-corrected chi connectivity index (χ4v) is 1.41. The first-order valence-corrected chi connectivity index (χ1v) is 5.41. The van der Waals surface area contributed by atoms with Gasteiger partial charge in [0, 0.05) is 11.5 Å². The molecule has 0 fully saturated rings. The van der Waals surface area contributed by atoms with Crippen molar-refractivity contribution in [3.8, 4) is 0 Å². The molecule has 1 aromatic heterocycles. The number of aryl methyl sites for hydroxylation is 2. The van der Waals surface area contributed by atoms with Crippen molar-refractivity contribution >= 4 is 27.5 Å². The molecule has 1 aromatic rings. The molecule has 0 aliphatic rings. The molecule has 1 rings (SSSR count). The lowest BCUT2D eigenvalue weighted by Gasteiger charge is -2.01. The molecule has 12 heavy (non-hydrogen) atoms. The van der Waals surface area contributed by atoms with Gasteiger partial charge in [-0.3, -0.25) is 0 Å². The fourth-order valence-electron chi connectivity index (χ4n) is 1.02. The summed E-state index contributed by atoms with van der Waals surface area (Å²) in [6.45, 7) is 1.98. The van der Waals surface area contributed by atoms with Gasteiger partial charge >= 0.3 is 0 Å². The number of aromatic nitrogens is 1. The van der Waals surface area contributed by atoms with E-state index in [1.54, 1.807) is 0 Å². The number of halogens is 2. The van der Waals surface area contributed by atoms with Crippen molar-refractivity contribution in [2.75, 3.05) is 5.33 Å². The lowest BCUT2D eigenvalue weighted by molar-refractivity contribution is 0.927. The second-order valence-electron chi connectivity index (χ2n) is 2.74. The van der Waals surface area contributed by atoms with Gasteiger partial charge in [0.05, 0.1) is 0 Å². The Morgan fingerprint density at radius 2 is 2.33 bits per heavy atom. The van der Waals surface area contributed by atoms with Crippen molar-refractivity contribution < 1.29 is 0 Å². The molecule has 0 aliphatic carbocycles. The number of alkyl halides is 1. The normalized spacial score (nSPS) is 10.2. The SMILES string of the molecule is Cc1cc(CCCBr)cnc1Cl. The minimum Gasteiger partial charge on any atom is -0.244 e. The topological polar surface area (TPSA) is 12.9 Å². The average molecular weight is 249 g/mol. The quantitative estimate of drug-likeness (QED) is 0.590. The second kappa shape index (κ2) is 4.83. The van der Waals surface area contributed by atoms with Crippen LogP contribution in [-0.4, -0.2) is 10.3 Å². The highest BCUT2D eigenvalue weighted by Crippen LogP contribution is 2.13. The van der Waals surface area contributed by atoms with Crippen LogP contribution in [0.3, 0.4) is 0 Å².